The monoisotopic (exact) mass is 319 g/mol. The van der Waals surface area contributed by atoms with Crippen molar-refractivity contribution in [2.24, 2.45) is 5.92 Å². The Morgan fingerprint density at radius 1 is 1.26 bits per heavy atom. The Balaban J connectivity index is 1.59. The summed E-state index contributed by atoms with van der Waals surface area (Å²) in [4.78, 5) is 25.0. The molecule has 23 heavy (non-hydrogen) atoms. The van der Waals surface area contributed by atoms with E-state index in [0.29, 0.717) is 31.8 Å². The minimum Gasteiger partial charge on any atom is -0.469 e. The summed E-state index contributed by atoms with van der Waals surface area (Å²) in [5.74, 6) is 0.218. The fourth-order valence-electron chi connectivity index (χ4n) is 2.71. The van der Waals surface area contributed by atoms with E-state index in [-0.39, 0.29) is 12.0 Å². The summed E-state index contributed by atoms with van der Waals surface area (Å²) in [6, 6.07) is 10.2. The first-order chi connectivity index (χ1) is 11.2. The molecule has 0 aliphatic carbocycles. The number of hydrogen-bond acceptors (Lipinski definition) is 4. The van der Waals surface area contributed by atoms with Crippen LogP contribution in [0.1, 0.15) is 19.3 Å². The van der Waals surface area contributed by atoms with E-state index in [4.69, 9.17) is 0 Å². The molecule has 1 heterocycles. The van der Waals surface area contributed by atoms with Crippen molar-refractivity contribution in [2.75, 3.05) is 38.2 Å². The number of benzene rings is 1. The van der Waals surface area contributed by atoms with Gasteiger partial charge in [-0.25, -0.2) is 4.79 Å². The second-order valence-corrected chi connectivity index (χ2v) is 5.75. The lowest BCUT2D eigenvalue weighted by Crippen LogP contribution is -2.39. The predicted molar refractivity (Wildman–Crippen MR) is 89.4 cm³/mol. The number of carbonyl (C=O) groups is 2. The average Bonchev–Trinajstić information content (AvgIpc) is 3.06. The van der Waals surface area contributed by atoms with Crippen LogP contribution in [0.15, 0.2) is 30.3 Å². The van der Waals surface area contributed by atoms with Gasteiger partial charge in [0.15, 0.2) is 0 Å². The topological polar surface area (TPSA) is 70.7 Å². The highest BCUT2D eigenvalue weighted by atomic mass is 16.5. The Morgan fingerprint density at radius 2 is 2.04 bits per heavy atom. The molecule has 6 heteroatoms. The number of rotatable bonds is 7. The van der Waals surface area contributed by atoms with Crippen LogP contribution in [0, 0.1) is 5.92 Å². The predicted octanol–water partition coefficient (Wildman–Crippen LogP) is 1.77. The number of para-hydroxylation sites is 1. The van der Waals surface area contributed by atoms with Gasteiger partial charge in [-0.05, 0) is 30.9 Å². The van der Waals surface area contributed by atoms with Crippen molar-refractivity contribution in [1.82, 2.24) is 10.6 Å². The third-order valence-electron chi connectivity index (χ3n) is 4.03. The first-order valence-corrected chi connectivity index (χ1v) is 8.07. The summed E-state index contributed by atoms with van der Waals surface area (Å²) in [6.45, 7) is 3.14. The van der Waals surface area contributed by atoms with E-state index >= 15 is 0 Å². The molecule has 0 unspecified atom stereocenters. The summed E-state index contributed by atoms with van der Waals surface area (Å²) in [5, 5.41) is 5.66. The van der Waals surface area contributed by atoms with E-state index in [1.807, 2.05) is 18.2 Å². The van der Waals surface area contributed by atoms with Crippen LogP contribution in [0.4, 0.5) is 10.5 Å². The molecule has 2 N–H and O–H groups in total. The molecule has 1 fully saturated rings. The van der Waals surface area contributed by atoms with Crippen LogP contribution in [0.2, 0.25) is 0 Å². The smallest absolute Gasteiger partial charge is 0.314 e. The molecule has 2 rings (SSSR count). The van der Waals surface area contributed by atoms with E-state index in [0.717, 1.165) is 19.5 Å². The maximum Gasteiger partial charge on any atom is 0.314 e. The fraction of sp³-hybridized carbons (Fsp3) is 0.529. The summed E-state index contributed by atoms with van der Waals surface area (Å²) in [6.07, 6.45) is 1.99. The number of nitrogens with one attached hydrogen (secondary N) is 2. The van der Waals surface area contributed by atoms with Crippen LogP contribution in [0.3, 0.4) is 0 Å². The van der Waals surface area contributed by atoms with Gasteiger partial charge in [0.05, 0.1) is 7.11 Å². The van der Waals surface area contributed by atoms with Crippen LogP contribution in [-0.2, 0) is 9.53 Å². The van der Waals surface area contributed by atoms with Gasteiger partial charge in [-0.1, -0.05) is 18.2 Å². The van der Waals surface area contributed by atoms with Crippen molar-refractivity contribution in [3.8, 4) is 0 Å². The number of anilines is 1. The van der Waals surface area contributed by atoms with E-state index < -0.39 is 0 Å². The number of amides is 2. The molecule has 0 bridgehead atoms. The van der Waals surface area contributed by atoms with Crippen molar-refractivity contribution >= 4 is 17.7 Å². The first-order valence-electron chi connectivity index (χ1n) is 8.07. The van der Waals surface area contributed by atoms with Crippen LogP contribution in [0.5, 0.6) is 0 Å². The standard InChI is InChI=1S/C17H25N3O3/c1-23-16(21)8-5-10-18-17(22)19-12-14-9-11-20(13-14)15-6-3-2-4-7-15/h2-4,6-7,14H,5,8-13H2,1H3,(H2,18,19,22)/t14-/m0/s1. The molecule has 0 aromatic heterocycles. The largest absolute Gasteiger partial charge is 0.469 e. The van der Waals surface area contributed by atoms with Crippen LogP contribution in [0.25, 0.3) is 0 Å². The SMILES string of the molecule is COC(=O)CCCNC(=O)NC[C@@H]1CCN(c2ccccc2)C1. The lowest BCUT2D eigenvalue weighted by molar-refractivity contribution is -0.140. The van der Waals surface area contributed by atoms with Crippen molar-refractivity contribution in [2.45, 2.75) is 19.3 Å². The number of nitrogens with zero attached hydrogens (tertiary/aromatic N) is 1. The third kappa shape index (κ3) is 5.81. The van der Waals surface area contributed by atoms with Gasteiger partial charge in [0.1, 0.15) is 0 Å². The lowest BCUT2D eigenvalue weighted by atomic mass is 10.1. The zero-order valence-electron chi connectivity index (χ0n) is 13.6. The molecular weight excluding hydrogens is 294 g/mol. The van der Waals surface area contributed by atoms with Gasteiger partial charge in [0, 0.05) is 38.3 Å². The molecule has 0 saturated carbocycles. The summed E-state index contributed by atoms with van der Waals surface area (Å²) < 4.78 is 4.55. The molecule has 6 nitrogen and oxygen atoms in total. The summed E-state index contributed by atoms with van der Waals surface area (Å²) in [7, 11) is 1.36. The Morgan fingerprint density at radius 3 is 2.78 bits per heavy atom. The van der Waals surface area contributed by atoms with Gasteiger partial charge < -0.3 is 20.3 Å². The number of methoxy groups -OCH3 is 1. The number of ether oxygens (including phenoxy) is 1. The maximum atomic E-state index is 11.7. The van der Waals surface area contributed by atoms with Gasteiger partial charge in [0.2, 0.25) is 0 Å². The minimum absolute atomic E-state index is 0.173. The molecule has 126 valence electrons. The quantitative estimate of drug-likeness (QED) is 0.593. The van der Waals surface area contributed by atoms with Crippen LogP contribution in [-0.4, -0.2) is 45.3 Å². The first kappa shape index (κ1) is 17.1. The normalized spacial score (nSPS) is 16.9. The number of hydrogen-bond donors (Lipinski definition) is 2. The van der Waals surface area contributed by atoms with Gasteiger partial charge in [-0.3, -0.25) is 4.79 Å². The Hall–Kier alpha value is -2.24. The average molecular weight is 319 g/mol. The number of urea groups is 1. The van der Waals surface area contributed by atoms with Crippen molar-refractivity contribution in [1.29, 1.82) is 0 Å². The molecule has 0 radical (unpaired) electrons. The highest BCUT2D eigenvalue weighted by Gasteiger charge is 2.22. The maximum absolute atomic E-state index is 11.7. The minimum atomic E-state index is -0.251. The Labute approximate surface area is 137 Å². The van der Waals surface area contributed by atoms with Crippen LogP contribution >= 0.6 is 0 Å². The molecular formula is C17H25N3O3. The summed E-state index contributed by atoms with van der Waals surface area (Å²) >= 11 is 0. The van der Waals surface area contributed by atoms with Gasteiger partial charge in [-0.2, -0.15) is 0 Å². The summed E-state index contributed by atoms with van der Waals surface area (Å²) in [5.41, 5.74) is 1.24. The third-order valence-corrected chi connectivity index (χ3v) is 4.03. The molecule has 2 amide bonds. The Kier molecular flexibility index (Phi) is 6.72. The van der Waals surface area contributed by atoms with Crippen molar-refractivity contribution < 1.29 is 14.3 Å². The molecule has 1 aliphatic rings. The zero-order valence-corrected chi connectivity index (χ0v) is 13.6. The zero-order chi connectivity index (χ0) is 16.5. The van der Waals surface area contributed by atoms with Gasteiger partial charge in [-0.15, -0.1) is 0 Å². The molecule has 1 atom stereocenters. The van der Waals surface area contributed by atoms with E-state index in [2.05, 4.69) is 32.4 Å². The van der Waals surface area contributed by atoms with E-state index in [1.54, 1.807) is 0 Å². The second-order valence-electron chi connectivity index (χ2n) is 5.75. The lowest BCUT2D eigenvalue weighted by Gasteiger charge is -2.18. The van der Waals surface area contributed by atoms with E-state index in [1.165, 1.54) is 12.8 Å². The fourth-order valence-corrected chi connectivity index (χ4v) is 2.71. The molecule has 1 aromatic rings. The molecule has 1 saturated heterocycles. The number of esters is 1. The second kappa shape index (κ2) is 9.02. The van der Waals surface area contributed by atoms with Crippen molar-refractivity contribution in [3.63, 3.8) is 0 Å². The van der Waals surface area contributed by atoms with Gasteiger partial charge >= 0.3 is 12.0 Å². The highest BCUT2D eigenvalue weighted by molar-refractivity contribution is 5.74. The molecule has 1 aromatic carbocycles. The molecule has 1 aliphatic heterocycles. The number of carbonyl (C=O) groups excluding carboxylic acids is 2. The van der Waals surface area contributed by atoms with E-state index in [9.17, 15) is 9.59 Å². The highest BCUT2D eigenvalue weighted by Crippen LogP contribution is 2.22. The van der Waals surface area contributed by atoms with Crippen molar-refractivity contribution in [3.05, 3.63) is 30.3 Å². The van der Waals surface area contributed by atoms with Gasteiger partial charge in [0.25, 0.3) is 0 Å². The Bertz CT molecular complexity index is 507. The van der Waals surface area contributed by atoms with Crippen LogP contribution < -0.4 is 15.5 Å². The molecule has 0 spiro atoms.